The highest BCUT2D eigenvalue weighted by Gasteiger charge is 2.05. The molecule has 0 saturated heterocycles. The number of nitrogens with zero attached hydrogens (tertiary/aromatic N) is 4. The molecular formula is C20H25FN6S. The maximum atomic E-state index is 13.9. The Morgan fingerprint density at radius 3 is 2.82 bits per heavy atom. The molecule has 2 N–H and O–H groups in total. The molecule has 0 unspecified atom stereocenters. The normalized spacial score (nSPS) is 11.6. The first kappa shape index (κ1) is 20.0. The summed E-state index contributed by atoms with van der Waals surface area (Å²) < 4.78 is 15.9. The molecule has 28 heavy (non-hydrogen) atoms. The molecule has 148 valence electrons. The predicted octanol–water partition coefficient (Wildman–Crippen LogP) is 3.02. The number of guanidine groups is 1. The van der Waals surface area contributed by atoms with Crippen molar-refractivity contribution in [3.05, 3.63) is 70.2 Å². The zero-order chi connectivity index (χ0) is 19.6. The lowest BCUT2D eigenvalue weighted by Crippen LogP contribution is -2.40. The summed E-state index contributed by atoms with van der Waals surface area (Å²) in [6.07, 6.45) is 3.50. The van der Waals surface area contributed by atoms with Gasteiger partial charge in [-0.2, -0.15) is 0 Å². The molecule has 0 aliphatic carbocycles. The Labute approximate surface area is 168 Å². The summed E-state index contributed by atoms with van der Waals surface area (Å²) in [5, 5.41) is 16.8. The summed E-state index contributed by atoms with van der Waals surface area (Å²) in [7, 11) is 0. The maximum absolute atomic E-state index is 13.9. The van der Waals surface area contributed by atoms with Crippen molar-refractivity contribution in [2.24, 2.45) is 4.99 Å². The SMILES string of the molecule is CCc1nncn1CCNC(=NCc1ccccc1F)NCCc1cccs1. The number of nitrogens with one attached hydrogen (secondary N) is 2. The molecule has 0 fully saturated rings. The molecule has 8 heteroatoms. The van der Waals surface area contributed by atoms with Crippen LogP contribution in [0.15, 0.2) is 53.1 Å². The molecular weight excluding hydrogens is 375 g/mol. The minimum atomic E-state index is -0.235. The molecule has 3 rings (SSSR count). The van der Waals surface area contributed by atoms with Crippen LogP contribution in [0.3, 0.4) is 0 Å². The second-order valence-electron chi connectivity index (χ2n) is 6.23. The summed E-state index contributed by atoms with van der Waals surface area (Å²) in [5.41, 5.74) is 0.578. The van der Waals surface area contributed by atoms with Crippen molar-refractivity contribution in [1.29, 1.82) is 0 Å². The first-order chi connectivity index (χ1) is 13.8. The molecule has 0 atom stereocenters. The summed E-state index contributed by atoms with van der Waals surface area (Å²) in [5.74, 6) is 1.39. The molecule has 0 saturated carbocycles. The summed E-state index contributed by atoms with van der Waals surface area (Å²) in [6, 6.07) is 10.9. The first-order valence-corrected chi connectivity index (χ1v) is 10.3. The molecule has 0 amide bonds. The number of benzene rings is 1. The van der Waals surface area contributed by atoms with E-state index in [1.807, 2.05) is 10.6 Å². The fourth-order valence-electron chi connectivity index (χ4n) is 2.76. The van der Waals surface area contributed by atoms with Crippen LogP contribution in [0.25, 0.3) is 0 Å². The van der Waals surface area contributed by atoms with E-state index in [-0.39, 0.29) is 12.4 Å². The molecule has 0 radical (unpaired) electrons. The van der Waals surface area contributed by atoms with Gasteiger partial charge in [0, 0.05) is 36.5 Å². The molecule has 0 bridgehead atoms. The highest BCUT2D eigenvalue weighted by atomic mass is 32.1. The smallest absolute Gasteiger partial charge is 0.191 e. The van der Waals surface area contributed by atoms with Gasteiger partial charge >= 0.3 is 0 Å². The van der Waals surface area contributed by atoms with E-state index in [2.05, 4.69) is 50.3 Å². The number of aryl methyl sites for hydroxylation is 1. The predicted molar refractivity (Wildman–Crippen MR) is 111 cm³/mol. The number of rotatable bonds is 9. The Bertz CT molecular complexity index is 874. The largest absolute Gasteiger partial charge is 0.356 e. The van der Waals surface area contributed by atoms with Gasteiger partial charge in [0.25, 0.3) is 0 Å². The van der Waals surface area contributed by atoms with E-state index in [1.165, 1.54) is 10.9 Å². The molecule has 0 aliphatic rings. The van der Waals surface area contributed by atoms with Gasteiger partial charge < -0.3 is 15.2 Å². The van der Waals surface area contributed by atoms with Gasteiger partial charge in [0.15, 0.2) is 5.96 Å². The van der Waals surface area contributed by atoms with Crippen molar-refractivity contribution >= 4 is 17.3 Å². The summed E-state index contributed by atoms with van der Waals surface area (Å²) in [4.78, 5) is 5.87. The number of aliphatic imine (C=N–C) groups is 1. The van der Waals surface area contributed by atoms with Crippen LogP contribution >= 0.6 is 11.3 Å². The fraction of sp³-hybridized carbons (Fsp3) is 0.350. The number of hydrogen-bond donors (Lipinski definition) is 2. The molecule has 3 aromatic rings. The second-order valence-corrected chi connectivity index (χ2v) is 7.27. The molecule has 1 aromatic carbocycles. The molecule has 2 heterocycles. The third-order valence-corrected chi connectivity index (χ3v) is 5.20. The fourth-order valence-corrected chi connectivity index (χ4v) is 3.47. The van der Waals surface area contributed by atoms with Crippen LogP contribution in [0, 0.1) is 5.82 Å². The van der Waals surface area contributed by atoms with Crippen molar-refractivity contribution in [2.45, 2.75) is 32.9 Å². The third-order valence-electron chi connectivity index (χ3n) is 4.27. The van der Waals surface area contributed by atoms with Crippen LogP contribution in [0.4, 0.5) is 4.39 Å². The Balaban J connectivity index is 1.57. The van der Waals surface area contributed by atoms with Crippen LogP contribution in [0.1, 0.15) is 23.2 Å². The van der Waals surface area contributed by atoms with Gasteiger partial charge in [-0.25, -0.2) is 9.38 Å². The van der Waals surface area contributed by atoms with Gasteiger partial charge in [0.05, 0.1) is 6.54 Å². The number of halogens is 1. The number of hydrogen-bond acceptors (Lipinski definition) is 4. The summed E-state index contributed by atoms with van der Waals surface area (Å²) in [6.45, 7) is 4.51. The van der Waals surface area contributed by atoms with Crippen LogP contribution in [0.2, 0.25) is 0 Å². The lowest BCUT2D eigenvalue weighted by atomic mass is 10.2. The van der Waals surface area contributed by atoms with E-state index in [4.69, 9.17) is 0 Å². The lowest BCUT2D eigenvalue weighted by molar-refractivity contribution is 0.609. The van der Waals surface area contributed by atoms with Crippen molar-refractivity contribution in [2.75, 3.05) is 13.1 Å². The number of aromatic nitrogens is 3. The van der Waals surface area contributed by atoms with Gasteiger partial charge in [-0.3, -0.25) is 0 Å². The maximum Gasteiger partial charge on any atom is 0.191 e. The Kier molecular flexibility index (Phi) is 7.54. The van der Waals surface area contributed by atoms with Crippen molar-refractivity contribution in [3.8, 4) is 0 Å². The third kappa shape index (κ3) is 5.88. The average molecular weight is 401 g/mol. The van der Waals surface area contributed by atoms with Gasteiger partial charge in [-0.1, -0.05) is 31.2 Å². The lowest BCUT2D eigenvalue weighted by Gasteiger charge is -2.13. The standard InChI is InChI=1S/C20H25FN6S/c1-2-19-26-25-15-27(19)12-11-23-20(22-10-9-17-7-5-13-28-17)24-14-16-6-3-4-8-18(16)21/h3-8,13,15H,2,9-12,14H2,1H3,(H2,22,23,24). The highest BCUT2D eigenvalue weighted by Crippen LogP contribution is 2.09. The topological polar surface area (TPSA) is 67.1 Å². The minimum Gasteiger partial charge on any atom is -0.356 e. The minimum absolute atomic E-state index is 0.235. The number of thiophene rings is 1. The van der Waals surface area contributed by atoms with E-state index < -0.39 is 0 Å². The van der Waals surface area contributed by atoms with E-state index in [1.54, 1.807) is 29.8 Å². The molecule has 6 nitrogen and oxygen atoms in total. The van der Waals surface area contributed by atoms with E-state index in [0.29, 0.717) is 18.1 Å². The quantitative estimate of drug-likeness (QED) is 0.428. The Hall–Kier alpha value is -2.74. The van der Waals surface area contributed by atoms with Crippen LogP contribution in [-0.2, 0) is 25.9 Å². The van der Waals surface area contributed by atoms with Crippen molar-refractivity contribution < 1.29 is 4.39 Å². The van der Waals surface area contributed by atoms with Crippen molar-refractivity contribution in [1.82, 2.24) is 25.4 Å². The molecule has 2 aromatic heterocycles. The monoisotopic (exact) mass is 400 g/mol. The Morgan fingerprint density at radius 2 is 2.04 bits per heavy atom. The highest BCUT2D eigenvalue weighted by molar-refractivity contribution is 7.09. The second kappa shape index (κ2) is 10.6. The average Bonchev–Trinajstić information content (AvgIpc) is 3.38. The van der Waals surface area contributed by atoms with Gasteiger partial charge in [-0.15, -0.1) is 21.5 Å². The van der Waals surface area contributed by atoms with Crippen molar-refractivity contribution in [3.63, 3.8) is 0 Å². The van der Waals surface area contributed by atoms with Crippen LogP contribution in [-0.4, -0.2) is 33.8 Å². The van der Waals surface area contributed by atoms with Crippen LogP contribution < -0.4 is 10.6 Å². The van der Waals surface area contributed by atoms with Gasteiger partial charge in [0.2, 0.25) is 0 Å². The molecule has 0 aliphatic heterocycles. The summed E-state index contributed by atoms with van der Waals surface area (Å²) >= 11 is 1.74. The van der Waals surface area contributed by atoms with E-state index >= 15 is 0 Å². The molecule has 0 spiro atoms. The van der Waals surface area contributed by atoms with E-state index in [9.17, 15) is 4.39 Å². The van der Waals surface area contributed by atoms with Gasteiger partial charge in [0.1, 0.15) is 18.0 Å². The first-order valence-electron chi connectivity index (χ1n) is 9.41. The van der Waals surface area contributed by atoms with E-state index in [0.717, 1.165) is 31.8 Å². The zero-order valence-electron chi connectivity index (χ0n) is 15.9. The van der Waals surface area contributed by atoms with Gasteiger partial charge in [-0.05, 0) is 23.9 Å². The van der Waals surface area contributed by atoms with Crippen LogP contribution in [0.5, 0.6) is 0 Å². The zero-order valence-corrected chi connectivity index (χ0v) is 16.8. The Morgan fingerprint density at radius 1 is 1.18 bits per heavy atom.